The van der Waals surface area contributed by atoms with Crippen molar-refractivity contribution >= 4 is 23.2 Å². The molecule has 21 heavy (non-hydrogen) atoms. The van der Waals surface area contributed by atoms with Gasteiger partial charge in [-0.1, -0.05) is 13.8 Å². The van der Waals surface area contributed by atoms with Crippen molar-refractivity contribution in [3.63, 3.8) is 0 Å². The Labute approximate surface area is 123 Å². The van der Waals surface area contributed by atoms with Gasteiger partial charge in [-0.3, -0.25) is 9.59 Å². The second-order valence-corrected chi connectivity index (χ2v) is 4.45. The van der Waals surface area contributed by atoms with Crippen LogP contribution >= 0.6 is 0 Å². The van der Waals surface area contributed by atoms with Crippen LogP contribution in [0.4, 0.5) is 0 Å². The molecule has 0 atom stereocenters. The fraction of sp³-hybridized carbons (Fsp3) is 0.429. The summed E-state index contributed by atoms with van der Waals surface area (Å²) in [4.78, 5) is 23.5. The number of carbonyl (C=O) groups excluding carboxylic acids is 2. The number of amides is 2. The number of furan rings is 1. The summed E-state index contributed by atoms with van der Waals surface area (Å²) in [6.07, 6.45) is 1.47. The van der Waals surface area contributed by atoms with Gasteiger partial charge in [-0.2, -0.15) is 10.2 Å². The van der Waals surface area contributed by atoms with Crippen molar-refractivity contribution in [2.24, 2.45) is 10.2 Å². The van der Waals surface area contributed by atoms with Gasteiger partial charge in [-0.15, -0.1) is 0 Å². The summed E-state index contributed by atoms with van der Waals surface area (Å²) in [6.45, 7) is 7.46. The molecule has 0 unspecified atom stereocenters. The van der Waals surface area contributed by atoms with Gasteiger partial charge in [-0.05, 0) is 38.8 Å². The average Bonchev–Trinajstić information content (AvgIpc) is 2.99. The predicted molar refractivity (Wildman–Crippen MR) is 80.4 cm³/mol. The van der Waals surface area contributed by atoms with Crippen LogP contribution in [0.15, 0.2) is 26.8 Å². The van der Waals surface area contributed by atoms with Crippen molar-refractivity contribution in [2.75, 3.05) is 0 Å². The molecule has 0 aromatic carbocycles. The number of carbonyl (C=O) groups is 2. The minimum absolute atomic E-state index is 0.0176. The van der Waals surface area contributed by atoms with Crippen LogP contribution in [0.25, 0.3) is 0 Å². The van der Waals surface area contributed by atoms with Crippen LogP contribution in [0.3, 0.4) is 0 Å². The van der Waals surface area contributed by atoms with Crippen molar-refractivity contribution in [3.05, 3.63) is 23.7 Å². The Balaban J connectivity index is 2.68. The monoisotopic (exact) mass is 292 g/mol. The van der Waals surface area contributed by atoms with Gasteiger partial charge in [0.25, 0.3) is 0 Å². The Morgan fingerprint density at radius 1 is 0.952 bits per heavy atom. The smallest absolute Gasteiger partial charge is 0.307 e. The number of hydrazone groups is 2. The lowest BCUT2D eigenvalue weighted by molar-refractivity contribution is 0.0902. The molecule has 7 nitrogen and oxygen atoms in total. The molecule has 0 aliphatic carbocycles. The van der Waals surface area contributed by atoms with Gasteiger partial charge in [0.15, 0.2) is 11.5 Å². The molecule has 0 saturated carbocycles. The Morgan fingerprint density at radius 3 is 1.67 bits per heavy atom. The molecule has 1 heterocycles. The molecule has 0 bridgehead atoms. The summed E-state index contributed by atoms with van der Waals surface area (Å²) >= 11 is 0. The molecule has 1 aromatic heterocycles. The zero-order chi connectivity index (χ0) is 15.8. The zero-order valence-corrected chi connectivity index (χ0v) is 12.7. The summed E-state index contributed by atoms with van der Waals surface area (Å²) < 4.78 is 5.18. The normalized spacial score (nSPS) is 12.2. The minimum atomic E-state index is -0.505. The van der Waals surface area contributed by atoms with E-state index in [1.54, 1.807) is 13.8 Å². The van der Waals surface area contributed by atoms with Gasteiger partial charge in [0.2, 0.25) is 0 Å². The van der Waals surface area contributed by atoms with Crippen molar-refractivity contribution in [2.45, 2.75) is 40.5 Å². The van der Waals surface area contributed by atoms with E-state index in [2.05, 4.69) is 21.1 Å². The number of nitrogens with zero attached hydrogens (tertiary/aromatic N) is 2. The second-order valence-electron chi connectivity index (χ2n) is 4.45. The molecular weight excluding hydrogens is 272 g/mol. The second kappa shape index (κ2) is 7.98. The summed E-state index contributed by atoms with van der Waals surface area (Å²) in [5.41, 5.74) is 6.29. The fourth-order valence-electron chi connectivity index (χ4n) is 1.14. The lowest BCUT2D eigenvalue weighted by atomic mass is 10.3. The third-order valence-electron chi connectivity index (χ3n) is 2.77. The summed E-state index contributed by atoms with van der Waals surface area (Å²) in [5, 5.41) is 7.76. The van der Waals surface area contributed by atoms with E-state index in [0.717, 1.165) is 24.3 Å². The molecule has 114 valence electrons. The molecule has 0 radical (unpaired) electrons. The van der Waals surface area contributed by atoms with Gasteiger partial charge < -0.3 is 4.42 Å². The van der Waals surface area contributed by atoms with Crippen LogP contribution in [0.5, 0.6) is 0 Å². The van der Waals surface area contributed by atoms with Gasteiger partial charge in [-0.25, -0.2) is 10.9 Å². The van der Waals surface area contributed by atoms with E-state index in [0.29, 0.717) is 0 Å². The molecule has 1 aromatic rings. The lowest BCUT2D eigenvalue weighted by Gasteiger charge is -1.99. The highest BCUT2D eigenvalue weighted by atomic mass is 16.4. The number of hydrogen-bond acceptors (Lipinski definition) is 5. The van der Waals surface area contributed by atoms with E-state index in [1.165, 1.54) is 12.1 Å². The largest absolute Gasteiger partial charge is 0.446 e. The minimum Gasteiger partial charge on any atom is -0.446 e. The molecule has 1 rings (SSSR count). The lowest BCUT2D eigenvalue weighted by Crippen LogP contribution is -2.19. The highest BCUT2D eigenvalue weighted by Crippen LogP contribution is 2.08. The maximum absolute atomic E-state index is 11.7. The summed E-state index contributed by atoms with van der Waals surface area (Å²) in [6, 6.07) is 2.83. The number of hydrogen-bond donors (Lipinski definition) is 2. The van der Waals surface area contributed by atoms with E-state index >= 15 is 0 Å². The van der Waals surface area contributed by atoms with E-state index < -0.39 is 11.8 Å². The van der Waals surface area contributed by atoms with E-state index in [4.69, 9.17) is 4.42 Å². The first-order valence-electron chi connectivity index (χ1n) is 6.74. The van der Waals surface area contributed by atoms with Crippen LogP contribution in [0.2, 0.25) is 0 Å². The Bertz CT molecular complexity index is 524. The van der Waals surface area contributed by atoms with Crippen molar-refractivity contribution in [1.29, 1.82) is 0 Å². The molecule has 7 heteroatoms. The molecule has 2 amide bonds. The van der Waals surface area contributed by atoms with Crippen LogP contribution < -0.4 is 10.9 Å². The van der Waals surface area contributed by atoms with Crippen molar-refractivity contribution in [3.8, 4) is 0 Å². The Kier molecular flexibility index (Phi) is 6.32. The average molecular weight is 292 g/mol. The first-order valence-corrected chi connectivity index (χ1v) is 6.74. The van der Waals surface area contributed by atoms with Crippen molar-refractivity contribution < 1.29 is 14.0 Å². The molecule has 2 N–H and O–H groups in total. The Morgan fingerprint density at radius 2 is 1.33 bits per heavy atom. The Hall–Kier alpha value is -2.44. The molecular formula is C14H20N4O3. The third-order valence-corrected chi connectivity index (χ3v) is 2.77. The predicted octanol–water partition coefficient (Wildman–Crippen LogP) is 2.31. The van der Waals surface area contributed by atoms with Gasteiger partial charge in [0, 0.05) is 11.4 Å². The summed E-state index contributed by atoms with van der Waals surface area (Å²) in [7, 11) is 0. The van der Waals surface area contributed by atoms with Crippen LogP contribution in [0, 0.1) is 0 Å². The molecule has 0 spiro atoms. The van der Waals surface area contributed by atoms with Crippen LogP contribution in [-0.2, 0) is 0 Å². The van der Waals surface area contributed by atoms with E-state index in [9.17, 15) is 9.59 Å². The van der Waals surface area contributed by atoms with Gasteiger partial charge in [0.1, 0.15) is 0 Å². The molecule has 0 aliphatic heterocycles. The zero-order valence-electron chi connectivity index (χ0n) is 12.7. The standard InChI is InChI=1S/C14H20N4O3/c1-5-9(3)15-17-13(19)11-7-8-12(21-11)14(20)18-16-10(4)6-2/h7-8H,5-6H2,1-4H3,(H,17,19)(H,18,20). The maximum atomic E-state index is 11.7. The van der Waals surface area contributed by atoms with Crippen LogP contribution in [0.1, 0.15) is 61.6 Å². The first kappa shape index (κ1) is 16.6. The highest BCUT2D eigenvalue weighted by molar-refractivity contribution is 5.96. The highest BCUT2D eigenvalue weighted by Gasteiger charge is 2.15. The third kappa shape index (κ3) is 5.21. The molecule has 0 aliphatic rings. The SMILES string of the molecule is CCC(C)=NNC(=O)c1ccc(C(=O)NN=C(C)CC)o1. The summed E-state index contributed by atoms with van der Waals surface area (Å²) in [5.74, 6) is -0.974. The number of rotatable bonds is 6. The number of nitrogens with one attached hydrogen (secondary N) is 2. The molecule has 0 saturated heterocycles. The van der Waals surface area contributed by atoms with Gasteiger partial charge >= 0.3 is 11.8 Å². The maximum Gasteiger partial charge on any atom is 0.307 e. The van der Waals surface area contributed by atoms with Crippen LogP contribution in [-0.4, -0.2) is 23.2 Å². The topological polar surface area (TPSA) is 96.1 Å². The van der Waals surface area contributed by atoms with E-state index in [-0.39, 0.29) is 11.5 Å². The quantitative estimate of drug-likeness (QED) is 0.622. The fourth-order valence-corrected chi connectivity index (χ4v) is 1.14. The molecule has 0 fully saturated rings. The van der Waals surface area contributed by atoms with Gasteiger partial charge in [0.05, 0.1) is 0 Å². The first-order chi connectivity index (χ1) is 9.97. The van der Waals surface area contributed by atoms with E-state index in [1.807, 2.05) is 13.8 Å². The van der Waals surface area contributed by atoms with Crippen molar-refractivity contribution in [1.82, 2.24) is 10.9 Å².